The van der Waals surface area contributed by atoms with Crippen molar-refractivity contribution < 1.29 is 17.6 Å². The van der Waals surface area contributed by atoms with Crippen LogP contribution < -0.4 is 10.5 Å². The molecular formula is C15H18FN3O3S2. The van der Waals surface area contributed by atoms with Crippen molar-refractivity contribution in [3.8, 4) is 0 Å². The van der Waals surface area contributed by atoms with Crippen LogP contribution in [-0.2, 0) is 16.4 Å². The second-order valence-corrected chi connectivity index (χ2v) is 8.14. The first-order chi connectivity index (χ1) is 11.2. The first-order valence-electron chi connectivity index (χ1n) is 7.22. The van der Waals surface area contributed by atoms with Crippen LogP contribution in [0.4, 0.5) is 4.39 Å². The Labute approximate surface area is 144 Å². The lowest BCUT2D eigenvalue weighted by Gasteiger charge is -2.07. The zero-order chi connectivity index (χ0) is 17.9. The number of nitrogens with one attached hydrogen (secondary N) is 1. The van der Waals surface area contributed by atoms with E-state index in [1.54, 1.807) is 11.3 Å². The van der Waals surface area contributed by atoms with E-state index in [9.17, 15) is 17.6 Å². The Morgan fingerprint density at radius 2 is 2.08 bits per heavy atom. The Hall–Kier alpha value is -1.84. The van der Waals surface area contributed by atoms with Crippen LogP contribution >= 0.6 is 11.3 Å². The highest BCUT2D eigenvalue weighted by molar-refractivity contribution is 7.89. The smallest absolute Gasteiger partial charge is 0.254 e. The van der Waals surface area contributed by atoms with Crippen LogP contribution in [0.1, 0.15) is 32.4 Å². The number of halogens is 1. The molecule has 9 heteroatoms. The summed E-state index contributed by atoms with van der Waals surface area (Å²) < 4.78 is 36.3. The predicted octanol–water partition coefficient (Wildman–Crippen LogP) is 1.91. The SMILES string of the molecule is Cc1nc(CCCNC(=O)c2cc(S(N)(=O)=O)ccc2F)sc1C. The maximum atomic E-state index is 13.7. The number of carbonyl (C=O) groups excluding carboxylic acids is 1. The third-order valence-electron chi connectivity index (χ3n) is 3.44. The molecule has 0 atom stereocenters. The van der Waals surface area contributed by atoms with Gasteiger partial charge in [-0.2, -0.15) is 0 Å². The van der Waals surface area contributed by atoms with Gasteiger partial charge in [0, 0.05) is 17.8 Å². The van der Waals surface area contributed by atoms with E-state index in [0.717, 1.165) is 33.8 Å². The van der Waals surface area contributed by atoms with Crippen molar-refractivity contribution in [3.63, 3.8) is 0 Å². The standard InChI is InChI=1S/C15H18FN3O3S2/c1-9-10(2)23-14(19-9)4-3-7-18-15(20)12-8-11(24(17,21)22)5-6-13(12)16/h5-6,8H,3-4,7H2,1-2H3,(H,18,20)(H2,17,21,22). The molecule has 1 aromatic heterocycles. The third-order valence-corrected chi connectivity index (χ3v) is 5.48. The van der Waals surface area contributed by atoms with E-state index in [4.69, 9.17) is 5.14 Å². The number of hydrogen-bond acceptors (Lipinski definition) is 5. The minimum atomic E-state index is -3.99. The fourth-order valence-electron chi connectivity index (χ4n) is 2.04. The topological polar surface area (TPSA) is 102 Å². The van der Waals surface area contributed by atoms with Gasteiger partial charge in [-0.05, 0) is 38.5 Å². The van der Waals surface area contributed by atoms with Crippen LogP contribution in [-0.4, -0.2) is 25.9 Å². The molecule has 0 unspecified atom stereocenters. The fourth-order valence-corrected chi connectivity index (χ4v) is 3.55. The Kier molecular flexibility index (Phi) is 5.68. The molecule has 0 fully saturated rings. The average molecular weight is 371 g/mol. The van der Waals surface area contributed by atoms with Crippen molar-refractivity contribution in [1.29, 1.82) is 0 Å². The van der Waals surface area contributed by atoms with E-state index < -0.39 is 21.7 Å². The fraction of sp³-hybridized carbons (Fsp3) is 0.333. The summed E-state index contributed by atoms with van der Waals surface area (Å²) in [5.74, 6) is -1.48. The molecule has 0 saturated carbocycles. The molecule has 2 aromatic rings. The maximum Gasteiger partial charge on any atom is 0.254 e. The van der Waals surface area contributed by atoms with E-state index in [0.29, 0.717) is 19.4 Å². The number of amides is 1. The molecule has 0 spiro atoms. The summed E-state index contributed by atoms with van der Waals surface area (Å²) >= 11 is 1.61. The Morgan fingerprint density at radius 3 is 2.67 bits per heavy atom. The molecular weight excluding hydrogens is 353 g/mol. The number of thiazole rings is 1. The van der Waals surface area contributed by atoms with E-state index in [2.05, 4.69) is 10.3 Å². The Balaban J connectivity index is 1.95. The normalized spacial score (nSPS) is 11.5. The molecule has 130 valence electrons. The monoisotopic (exact) mass is 371 g/mol. The van der Waals surface area contributed by atoms with Crippen molar-refractivity contribution in [1.82, 2.24) is 10.3 Å². The molecule has 1 aromatic carbocycles. The van der Waals surface area contributed by atoms with Crippen molar-refractivity contribution in [2.24, 2.45) is 5.14 Å². The lowest BCUT2D eigenvalue weighted by molar-refractivity contribution is 0.0949. The first kappa shape index (κ1) is 18.5. The van der Waals surface area contributed by atoms with Crippen molar-refractivity contribution in [3.05, 3.63) is 45.2 Å². The van der Waals surface area contributed by atoms with Crippen molar-refractivity contribution in [2.75, 3.05) is 6.54 Å². The molecule has 6 nitrogen and oxygen atoms in total. The van der Waals surface area contributed by atoms with Crippen LogP contribution in [0.2, 0.25) is 0 Å². The summed E-state index contributed by atoms with van der Waals surface area (Å²) in [4.78, 5) is 17.3. The van der Waals surface area contributed by atoms with Gasteiger partial charge in [0.15, 0.2) is 0 Å². The number of nitrogens with zero attached hydrogens (tertiary/aromatic N) is 1. The second-order valence-electron chi connectivity index (χ2n) is 5.30. The largest absolute Gasteiger partial charge is 0.352 e. The Bertz CT molecular complexity index is 843. The van der Waals surface area contributed by atoms with Crippen LogP contribution in [0.5, 0.6) is 0 Å². The summed E-state index contributed by atoms with van der Waals surface area (Å²) in [5, 5.41) is 8.55. The van der Waals surface area contributed by atoms with E-state index in [-0.39, 0.29) is 10.5 Å². The van der Waals surface area contributed by atoms with E-state index >= 15 is 0 Å². The second kappa shape index (κ2) is 7.37. The average Bonchev–Trinajstić information content (AvgIpc) is 2.81. The van der Waals surface area contributed by atoms with Gasteiger partial charge in [-0.3, -0.25) is 4.79 Å². The Morgan fingerprint density at radius 1 is 1.38 bits per heavy atom. The molecule has 24 heavy (non-hydrogen) atoms. The van der Waals surface area contributed by atoms with Gasteiger partial charge in [-0.25, -0.2) is 22.9 Å². The lowest BCUT2D eigenvalue weighted by Crippen LogP contribution is -2.26. The highest BCUT2D eigenvalue weighted by Crippen LogP contribution is 2.17. The highest BCUT2D eigenvalue weighted by Gasteiger charge is 2.16. The van der Waals surface area contributed by atoms with Crippen LogP contribution in [0.3, 0.4) is 0 Å². The maximum absolute atomic E-state index is 13.7. The quantitative estimate of drug-likeness (QED) is 0.757. The molecule has 0 radical (unpaired) electrons. The van der Waals surface area contributed by atoms with Gasteiger partial charge in [0.05, 0.1) is 21.2 Å². The van der Waals surface area contributed by atoms with Gasteiger partial charge < -0.3 is 5.32 Å². The van der Waals surface area contributed by atoms with Gasteiger partial charge in [-0.1, -0.05) is 0 Å². The number of carbonyl (C=O) groups is 1. The van der Waals surface area contributed by atoms with E-state index in [1.165, 1.54) is 0 Å². The van der Waals surface area contributed by atoms with Gasteiger partial charge in [0.1, 0.15) is 5.82 Å². The summed E-state index contributed by atoms with van der Waals surface area (Å²) in [6.07, 6.45) is 1.36. The summed E-state index contributed by atoms with van der Waals surface area (Å²) in [6, 6.07) is 2.87. The molecule has 3 N–H and O–H groups in total. The molecule has 0 aliphatic carbocycles. The molecule has 0 aliphatic rings. The number of rotatable bonds is 6. The third kappa shape index (κ3) is 4.59. The van der Waals surface area contributed by atoms with Crippen molar-refractivity contribution in [2.45, 2.75) is 31.6 Å². The molecule has 1 amide bonds. The van der Waals surface area contributed by atoms with E-state index in [1.807, 2.05) is 13.8 Å². The lowest BCUT2D eigenvalue weighted by atomic mass is 10.2. The number of aryl methyl sites for hydroxylation is 3. The number of primary sulfonamides is 1. The van der Waals surface area contributed by atoms with Crippen molar-refractivity contribution >= 4 is 27.3 Å². The first-order valence-corrected chi connectivity index (χ1v) is 9.58. The number of hydrogen-bond donors (Lipinski definition) is 2. The minimum absolute atomic E-state index is 0.303. The van der Waals surface area contributed by atoms with Gasteiger partial charge in [-0.15, -0.1) is 11.3 Å². The summed E-state index contributed by atoms with van der Waals surface area (Å²) in [6.45, 7) is 4.27. The summed E-state index contributed by atoms with van der Waals surface area (Å²) in [5.41, 5.74) is 0.656. The zero-order valence-corrected chi connectivity index (χ0v) is 14.9. The molecule has 0 aliphatic heterocycles. The minimum Gasteiger partial charge on any atom is -0.352 e. The molecule has 1 heterocycles. The number of sulfonamides is 1. The number of aromatic nitrogens is 1. The highest BCUT2D eigenvalue weighted by atomic mass is 32.2. The van der Waals surface area contributed by atoms with Gasteiger partial charge >= 0.3 is 0 Å². The van der Waals surface area contributed by atoms with Crippen LogP contribution in [0.15, 0.2) is 23.1 Å². The number of nitrogens with two attached hydrogens (primary N) is 1. The van der Waals surface area contributed by atoms with Gasteiger partial charge in [0.2, 0.25) is 10.0 Å². The predicted molar refractivity (Wildman–Crippen MR) is 90.0 cm³/mol. The van der Waals surface area contributed by atoms with Gasteiger partial charge in [0.25, 0.3) is 5.91 Å². The summed E-state index contributed by atoms with van der Waals surface area (Å²) in [7, 11) is -3.99. The molecule has 0 bridgehead atoms. The van der Waals surface area contributed by atoms with Crippen LogP contribution in [0, 0.1) is 19.7 Å². The molecule has 0 saturated heterocycles. The number of benzene rings is 1. The van der Waals surface area contributed by atoms with Crippen LogP contribution in [0.25, 0.3) is 0 Å². The zero-order valence-electron chi connectivity index (χ0n) is 13.3. The molecule has 2 rings (SSSR count).